The largest absolute Gasteiger partial charge is 0.368 e. The van der Waals surface area contributed by atoms with E-state index in [4.69, 9.17) is 23.7 Å². The number of hydrogen-bond donors (Lipinski definition) is 0. The fraction of sp³-hybridized carbons (Fsp3) is 0.167. The van der Waals surface area contributed by atoms with Gasteiger partial charge in [-0.25, -0.2) is 0 Å². The van der Waals surface area contributed by atoms with E-state index in [1.54, 1.807) is 24.3 Å². The lowest BCUT2D eigenvalue weighted by atomic mass is 9.79. The molecule has 2 heterocycles. The smallest absolute Gasteiger partial charge is 0.262 e. The Kier molecular flexibility index (Phi) is 13.0. The van der Waals surface area contributed by atoms with Crippen molar-refractivity contribution < 1.29 is 33.3 Å². The molecule has 0 spiro atoms. The van der Waals surface area contributed by atoms with Crippen LogP contribution in [0.15, 0.2) is 237 Å². The fourth-order valence-corrected chi connectivity index (χ4v) is 9.97. The van der Waals surface area contributed by atoms with Crippen molar-refractivity contribution >= 4 is 11.8 Å². The maximum atomic E-state index is 14.7. The zero-order valence-corrected chi connectivity index (χ0v) is 37.6. The van der Waals surface area contributed by atoms with Crippen LogP contribution >= 0.6 is 0 Å². The predicted octanol–water partition coefficient (Wildman–Crippen LogP) is 11.0. The second-order valence-electron chi connectivity index (χ2n) is 17.0. The normalized spacial score (nSPS) is 19.4. The Labute approximate surface area is 397 Å². The Bertz CT molecular complexity index is 2680. The second kappa shape index (κ2) is 19.9. The number of amides is 2. The summed E-state index contributed by atoms with van der Waals surface area (Å²) in [4.78, 5) is 30.7. The number of hydrogen-bond acceptors (Lipinski definition) is 7. The minimum absolute atomic E-state index is 0.0578. The van der Waals surface area contributed by atoms with Gasteiger partial charge in [0.25, 0.3) is 11.8 Å². The van der Waals surface area contributed by atoms with Gasteiger partial charge in [-0.15, -0.1) is 0 Å². The minimum atomic E-state index is -1.30. The van der Waals surface area contributed by atoms with Crippen LogP contribution in [0.1, 0.15) is 59.7 Å². The molecular formula is C60H51NO7. The summed E-state index contributed by atoms with van der Waals surface area (Å²) in [6.07, 6.45) is -4.23. The Morgan fingerprint density at radius 3 is 1.19 bits per heavy atom. The zero-order chi connectivity index (χ0) is 46.3. The van der Waals surface area contributed by atoms with Gasteiger partial charge in [-0.2, -0.15) is 0 Å². The van der Waals surface area contributed by atoms with Gasteiger partial charge in [-0.05, 0) is 51.1 Å². The average Bonchev–Trinajstić information content (AvgIpc) is 3.67. The van der Waals surface area contributed by atoms with Crippen molar-refractivity contribution in [3.63, 3.8) is 0 Å². The highest BCUT2D eigenvalue weighted by Gasteiger charge is 2.58. The molecule has 8 aromatic carbocycles. The van der Waals surface area contributed by atoms with Gasteiger partial charge in [0.15, 0.2) is 6.29 Å². The third kappa shape index (κ3) is 8.27. The van der Waals surface area contributed by atoms with E-state index >= 15 is 0 Å². The standard InChI is InChI=1S/C60H51NO7/c1-64-58-53(61-56(62)50-39-23-24-40-51(50)57(61)63)55(65-41-43-25-9-2-10-26-43)54(68-60(47-33-17-6-18-34-47,48-35-19-7-20-36-48)49-37-21-8-22-38-49)52(67-58)42-66-59(44-27-11-3-12-28-44,45-29-13-4-14-30-45)46-31-15-5-16-32-46/h2-40,52-55,58H,41-42H2,1H3/t52-,53-,54-,55-,58-/m1/s1. The number of carbonyl (C=O) groups excluding carboxylic acids is 2. The summed E-state index contributed by atoms with van der Waals surface area (Å²) in [6, 6.07) is 76.3. The van der Waals surface area contributed by atoms with Crippen LogP contribution < -0.4 is 0 Å². The van der Waals surface area contributed by atoms with Crippen molar-refractivity contribution in [1.29, 1.82) is 0 Å². The molecule has 0 aromatic heterocycles. The van der Waals surface area contributed by atoms with E-state index in [1.165, 1.54) is 12.0 Å². The van der Waals surface area contributed by atoms with E-state index in [0.29, 0.717) is 11.1 Å². The summed E-state index contributed by atoms with van der Waals surface area (Å²) < 4.78 is 36.3. The van der Waals surface area contributed by atoms with E-state index in [-0.39, 0.29) is 13.2 Å². The lowest BCUT2D eigenvalue weighted by Crippen LogP contribution is -2.68. The maximum Gasteiger partial charge on any atom is 0.262 e. The fourth-order valence-electron chi connectivity index (χ4n) is 9.97. The molecule has 2 aliphatic heterocycles. The first kappa shape index (κ1) is 44.5. The highest BCUT2D eigenvalue weighted by Crippen LogP contribution is 2.47. The van der Waals surface area contributed by atoms with Crippen molar-refractivity contribution in [2.45, 2.75) is 48.5 Å². The molecule has 1 saturated heterocycles. The van der Waals surface area contributed by atoms with Gasteiger partial charge in [-0.3, -0.25) is 14.5 Å². The van der Waals surface area contributed by atoms with Crippen LogP contribution in [0.25, 0.3) is 0 Å². The van der Waals surface area contributed by atoms with Crippen LogP contribution in [-0.4, -0.2) is 61.1 Å². The summed E-state index contributed by atoms with van der Waals surface area (Å²) in [7, 11) is 1.52. The number of rotatable bonds is 16. The quantitative estimate of drug-likeness (QED) is 0.0705. The monoisotopic (exact) mass is 897 g/mol. The van der Waals surface area contributed by atoms with Crippen LogP contribution in [0.4, 0.5) is 0 Å². The van der Waals surface area contributed by atoms with E-state index in [9.17, 15) is 9.59 Å². The molecule has 0 bridgehead atoms. The van der Waals surface area contributed by atoms with Crippen molar-refractivity contribution in [2.24, 2.45) is 0 Å². The number of ether oxygens (including phenoxy) is 5. The number of nitrogens with zero attached hydrogens (tertiary/aromatic N) is 1. The molecule has 8 heteroatoms. The van der Waals surface area contributed by atoms with Gasteiger partial charge in [0, 0.05) is 7.11 Å². The van der Waals surface area contributed by atoms with E-state index < -0.39 is 53.7 Å². The van der Waals surface area contributed by atoms with Crippen LogP contribution in [0, 0.1) is 0 Å². The molecule has 0 aliphatic carbocycles. The Balaban J connectivity index is 1.19. The maximum absolute atomic E-state index is 14.7. The third-order valence-electron chi connectivity index (χ3n) is 13.1. The number of benzene rings is 8. The lowest BCUT2D eigenvalue weighted by Gasteiger charge is -2.51. The molecule has 2 amide bonds. The highest BCUT2D eigenvalue weighted by molar-refractivity contribution is 6.21. The summed E-state index contributed by atoms with van der Waals surface area (Å²) in [5.74, 6) is -0.945. The summed E-state index contributed by atoms with van der Waals surface area (Å²) in [5.41, 5.74) is 4.28. The molecule has 10 rings (SSSR count). The van der Waals surface area contributed by atoms with Crippen LogP contribution in [0.2, 0.25) is 0 Å². The molecule has 0 N–H and O–H groups in total. The highest BCUT2D eigenvalue weighted by atomic mass is 16.7. The molecular weight excluding hydrogens is 847 g/mol. The molecule has 2 aliphatic rings. The molecule has 0 saturated carbocycles. The minimum Gasteiger partial charge on any atom is -0.368 e. The first-order chi connectivity index (χ1) is 33.5. The van der Waals surface area contributed by atoms with Gasteiger partial charge >= 0.3 is 0 Å². The number of imide groups is 1. The van der Waals surface area contributed by atoms with Gasteiger partial charge in [0.1, 0.15) is 35.6 Å². The number of carbonyl (C=O) groups is 2. The molecule has 0 unspecified atom stereocenters. The van der Waals surface area contributed by atoms with E-state index in [0.717, 1.165) is 38.9 Å². The van der Waals surface area contributed by atoms with Gasteiger partial charge in [-0.1, -0.05) is 224 Å². The molecule has 68 heavy (non-hydrogen) atoms. The molecule has 1 fully saturated rings. The SMILES string of the molecule is CO[C@@H]1O[C@H](COC(c2ccccc2)(c2ccccc2)c2ccccc2)[C@@H](OC(c2ccccc2)(c2ccccc2)c2ccccc2)[C@H](OCc2ccccc2)[C@H]1N1C(=O)c2ccccc2C1=O. The van der Waals surface area contributed by atoms with Crippen LogP contribution in [-0.2, 0) is 41.5 Å². The van der Waals surface area contributed by atoms with Crippen molar-refractivity contribution in [3.05, 3.63) is 287 Å². The summed E-state index contributed by atoms with van der Waals surface area (Å²) in [6.45, 7) is 0.0593. The molecule has 8 aromatic rings. The number of methoxy groups -OCH3 is 1. The van der Waals surface area contributed by atoms with Crippen LogP contribution in [0.3, 0.4) is 0 Å². The summed E-state index contributed by atoms with van der Waals surface area (Å²) >= 11 is 0. The van der Waals surface area contributed by atoms with E-state index in [2.05, 4.69) is 72.8 Å². The Morgan fingerprint density at radius 2 is 0.809 bits per heavy atom. The van der Waals surface area contributed by atoms with E-state index in [1.807, 2.05) is 140 Å². The number of fused-ring (bicyclic) bond motifs is 1. The van der Waals surface area contributed by atoms with Crippen molar-refractivity contribution in [2.75, 3.05) is 13.7 Å². The average molecular weight is 898 g/mol. The molecule has 5 atom stereocenters. The third-order valence-corrected chi connectivity index (χ3v) is 13.1. The van der Waals surface area contributed by atoms with Crippen molar-refractivity contribution in [3.8, 4) is 0 Å². The predicted molar refractivity (Wildman–Crippen MR) is 261 cm³/mol. The zero-order valence-electron chi connectivity index (χ0n) is 37.6. The molecule has 338 valence electrons. The van der Waals surface area contributed by atoms with Crippen molar-refractivity contribution in [1.82, 2.24) is 4.90 Å². The Morgan fingerprint density at radius 1 is 0.456 bits per heavy atom. The first-order valence-corrected chi connectivity index (χ1v) is 23.0. The van der Waals surface area contributed by atoms with Gasteiger partial charge in [0.05, 0.1) is 24.3 Å². The Hall–Kier alpha value is -7.30. The van der Waals surface area contributed by atoms with Gasteiger partial charge < -0.3 is 23.7 Å². The van der Waals surface area contributed by atoms with Crippen LogP contribution in [0.5, 0.6) is 0 Å². The van der Waals surface area contributed by atoms with Gasteiger partial charge in [0.2, 0.25) is 0 Å². The topological polar surface area (TPSA) is 83.5 Å². The lowest BCUT2D eigenvalue weighted by molar-refractivity contribution is -0.304. The molecule has 8 nitrogen and oxygen atoms in total. The first-order valence-electron chi connectivity index (χ1n) is 23.0. The summed E-state index contributed by atoms with van der Waals surface area (Å²) in [5, 5.41) is 0. The second-order valence-corrected chi connectivity index (χ2v) is 17.0. The molecule has 0 radical (unpaired) electrons.